The molecule has 0 bridgehead atoms. The summed E-state index contributed by atoms with van der Waals surface area (Å²) in [4.78, 5) is 15.1. The number of aromatic nitrogens is 3. The Balaban J connectivity index is 1.55. The fourth-order valence-corrected chi connectivity index (χ4v) is 4.20. The van der Waals surface area contributed by atoms with Crippen LogP contribution in [0.4, 0.5) is 5.82 Å². The predicted octanol–water partition coefficient (Wildman–Crippen LogP) is 4.20. The summed E-state index contributed by atoms with van der Waals surface area (Å²) in [5.41, 5.74) is 3.18. The number of thioether (sulfide) groups is 1. The van der Waals surface area contributed by atoms with Crippen LogP contribution in [-0.4, -0.2) is 40.1 Å². The molecule has 0 radical (unpaired) electrons. The third-order valence-corrected chi connectivity index (χ3v) is 5.55. The molecule has 5 heteroatoms. The van der Waals surface area contributed by atoms with Crippen LogP contribution in [0.3, 0.4) is 0 Å². The average Bonchev–Trinajstić information content (AvgIpc) is 3.07. The molecule has 0 amide bonds. The van der Waals surface area contributed by atoms with Gasteiger partial charge in [-0.3, -0.25) is 0 Å². The van der Waals surface area contributed by atoms with Gasteiger partial charge in [0.05, 0.1) is 11.0 Å². The molecule has 2 aromatic heterocycles. The van der Waals surface area contributed by atoms with Crippen LogP contribution in [-0.2, 0) is 0 Å². The molecular formula is C19H22N4S. The number of piperidine rings is 1. The summed E-state index contributed by atoms with van der Waals surface area (Å²) in [6.07, 6.45) is 6.62. The molecule has 1 saturated heterocycles. The lowest BCUT2D eigenvalue weighted by Crippen LogP contribution is -2.34. The number of imidazole rings is 1. The number of hydrogen-bond acceptors (Lipinski definition) is 4. The molecule has 0 atom stereocenters. The minimum atomic E-state index is 0.856. The van der Waals surface area contributed by atoms with Gasteiger partial charge in [-0.05, 0) is 55.0 Å². The summed E-state index contributed by atoms with van der Waals surface area (Å²) in [5, 5.41) is 0. The number of anilines is 1. The molecule has 1 fully saturated rings. The Morgan fingerprint density at radius 2 is 2.04 bits per heavy atom. The van der Waals surface area contributed by atoms with Crippen molar-refractivity contribution in [1.82, 2.24) is 15.0 Å². The second-order valence-corrected chi connectivity index (χ2v) is 7.30. The summed E-state index contributed by atoms with van der Waals surface area (Å²) >= 11 is 1.96. The lowest BCUT2D eigenvalue weighted by Gasteiger charge is -2.32. The minimum Gasteiger partial charge on any atom is -0.357 e. The van der Waals surface area contributed by atoms with E-state index in [0.29, 0.717) is 0 Å². The van der Waals surface area contributed by atoms with Crippen LogP contribution in [0.25, 0.3) is 22.4 Å². The Bertz CT molecular complexity index is 788. The van der Waals surface area contributed by atoms with Crippen molar-refractivity contribution in [3.63, 3.8) is 0 Å². The van der Waals surface area contributed by atoms with Crippen LogP contribution < -0.4 is 4.90 Å². The van der Waals surface area contributed by atoms with E-state index in [-0.39, 0.29) is 0 Å². The van der Waals surface area contributed by atoms with Crippen LogP contribution >= 0.6 is 11.8 Å². The first-order valence-corrected chi connectivity index (χ1v) is 9.88. The lowest BCUT2D eigenvalue weighted by molar-refractivity contribution is 0.443. The normalized spacial score (nSPS) is 16.0. The van der Waals surface area contributed by atoms with Gasteiger partial charge >= 0.3 is 0 Å². The Kier molecular flexibility index (Phi) is 4.43. The first kappa shape index (κ1) is 15.5. The van der Waals surface area contributed by atoms with Gasteiger partial charge in [-0.2, -0.15) is 11.8 Å². The highest BCUT2D eigenvalue weighted by atomic mass is 32.2. The maximum atomic E-state index is 4.70. The van der Waals surface area contributed by atoms with Gasteiger partial charge in [0.2, 0.25) is 0 Å². The number of aromatic amines is 1. The van der Waals surface area contributed by atoms with E-state index in [9.17, 15) is 0 Å². The third kappa shape index (κ3) is 3.13. The van der Waals surface area contributed by atoms with Crippen molar-refractivity contribution >= 4 is 28.6 Å². The molecule has 3 aromatic rings. The highest BCUT2D eigenvalue weighted by Crippen LogP contribution is 2.27. The van der Waals surface area contributed by atoms with E-state index < -0.39 is 0 Å². The first-order chi connectivity index (χ1) is 11.8. The second-order valence-electron chi connectivity index (χ2n) is 6.39. The van der Waals surface area contributed by atoms with Crippen LogP contribution in [0, 0.1) is 5.92 Å². The van der Waals surface area contributed by atoms with Gasteiger partial charge in [0, 0.05) is 24.8 Å². The molecule has 1 N–H and O–H groups in total. The molecule has 124 valence electrons. The topological polar surface area (TPSA) is 44.8 Å². The van der Waals surface area contributed by atoms with Crippen molar-refractivity contribution in [2.24, 2.45) is 5.92 Å². The van der Waals surface area contributed by atoms with Crippen LogP contribution in [0.2, 0.25) is 0 Å². The quantitative estimate of drug-likeness (QED) is 0.774. The monoisotopic (exact) mass is 338 g/mol. The number of H-pyrrole nitrogens is 1. The van der Waals surface area contributed by atoms with Crippen LogP contribution in [0.1, 0.15) is 12.8 Å². The van der Waals surface area contributed by atoms with Gasteiger partial charge in [0.25, 0.3) is 0 Å². The number of fused-ring (bicyclic) bond motifs is 1. The van der Waals surface area contributed by atoms with Crippen molar-refractivity contribution < 1.29 is 0 Å². The SMILES string of the molecule is CSCC1CCN(c2cc(-c3nc4ccccc4[nH]3)ccn2)CC1. The Morgan fingerprint density at radius 1 is 1.21 bits per heavy atom. The maximum Gasteiger partial charge on any atom is 0.138 e. The third-order valence-electron chi connectivity index (χ3n) is 4.75. The Hall–Kier alpha value is -2.01. The first-order valence-electron chi connectivity index (χ1n) is 8.48. The number of nitrogens with zero attached hydrogens (tertiary/aromatic N) is 3. The summed E-state index contributed by atoms with van der Waals surface area (Å²) in [5.74, 6) is 4.11. The molecule has 0 spiro atoms. The van der Waals surface area contributed by atoms with Crippen molar-refractivity contribution in [3.8, 4) is 11.4 Å². The van der Waals surface area contributed by atoms with Crippen LogP contribution in [0.15, 0.2) is 42.6 Å². The zero-order valence-corrected chi connectivity index (χ0v) is 14.7. The van der Waals surface area contributed by atoms with E-state index in [1.807, 2.05) is 42.2 Å². The maximum absolute atomic E-state index is 4.70. The molecule has 24 heavy (non-hydrogen) atoms. The lowest BCUT2D eigenvalue weighted by atomic mass is 9.99. The average molecular weight is 338 g/mol. The second kappa shape index (κ2) is 6.85. The van der Waals surface area contributed by atoms with E-state index in [0.717, 1.165) is 47.2 Å². The fraction of sp³-hybridized carbons (Fsp3) is 0.368. The van der Waals surface area contributed by atoms with E-state index in [1.165, 1.54) is 18.6 Å². The molecular weight excluding hydrogens is 316 g/mol. The molecule has 1 aliphatic rings. The van der Waals surface area contributed by atoms with Gasteiger partial charge in [-0.25, -0.2) is 9.97 Å². The highest BCUT2D eigenvalue weighted by Gasteiger charge is 2.20. The Labute approximate surface area is 146 Å². The molecule has 0 saturated carbocycles. The number of rotatable bonds is 4. The number of nitrogens with one attached hydrogen (secondary N) is 1. The van der Waals surface area contributed by atoms with Gasteiger partial charge in [-0.1, -0.05) is 12.1 Å². The van der Waals surface area contributed by atoms with Crippen LogP contribution in [0.5, 0.6) is 0 Å². The van der Waals surface area contributed by atoms with E-state index in [2.05, 4.69) is 33.3 Å². The summed E-state index contributed by atoms with van der Waals surface area (Å²) < 4.78 is 0. The molecule has 1 aliphatic heterocycles. The summed E-state index contributed by atoms with van der Waals surface area (Å²) in [6, 6.07) is 12.3. The van der Waals surface area contributed by atoms with Gasteiger partial charge < -0.3 is 9.88 Å². The molecule has 3 heterocycles. The molecule has 4 rings (SSSR count). The van der Waals surface area contributed by atoms with Gasteiger partial charge in [-0.15, -0.1) is 0 Å². The molecule has 1 aromatic carbocycles. The molecule has 0 unspecified atom stereocenters. The predicted molar refractivity (Wildman–Crippen MR) is 103 cm³/mol. The van der Waals surface area contributed by atoms with Crippen molar-refractivity contribution in [2.45, 2.75) is 12.8 Å². The van der Waals surface area contributed by atoms with E-state index in [1.54, 1.807) is 0 Å². The van der Waals surface area contributed by atoms with Gasteiger partial charge in [0.15, 0.2) is 0 Å². The Morgan fingerprint density at radius 3 is 2.83 bits per heavy atom. The zero-order chi connectivity index (χ0) is 16.4. The van der Waals surface area contributed by atoms with E-state index in [4.69, 9.17) is 4.98 Å². The number of pyridine rings is 1. The number of benzene rings is 1. The van der Waals surface area contributed by atoms with Crippen molar-refractivity contribution in [2.75, 3.05) is 30.0 Å². The summed E-state index contributed by atoms with van der Waals surface area (Å²) in [7, 11) is 0. The van der Waals surface area contributed by atoms with Crippen molar-refractivity contribution in [3.05, 3.63) is 42.6 Å². The molecule has 4 nitrogen and oxygen atoms in total. The number of para-hydroxylation sites is 2. The standard InChI is InChI=1S/C19H22N4S/c1-24-13-14-7-10-23(11-8-14)18-12-15(6-9-20-18)19-21-16-4-2-3-5-17(16)22-19/h2-6,9,12,14H,7-8,10-11,13H2,1H3,(H,21,22). The minimum absolute atomic E-state index is 0.856. The smallest absolute Gasteiger partial charge is 0.138 e. The zero-order valence-electron chi connectivity index (χ0n) is 13.9. The highest BCUT2D eigenvalue weighted by molar-refractivity contribution is 7.98. The molecule has 0 aliphatic carbocycles. The fourth-order valence-electron chi connectivity index (χ4n) is 3.39. The largest absolute Gasteiger partial charge is 0.357 e. The van der Waals surface area contributed by atoms with Crippen molar-refractivity contribution in [1.29, 1.82) is 0 Å². The summed E-state index contributed by atoms with van der Waals surface area (Å²) in [6.45, 7) is 2.20. The number of hydrogen-bond donors (Lipinski definition) is 1. The van der Waals surface area contributed by atoms with E-state index >= 15 is 0 Å². The van der Waals surface area contributed by atoms with Gasteiger partial charge in [0.1, 0.15) is 11.6 Å².